The quantitative estimate of drug-likeness (QED) is 0.279. The number of carbonyl (C=O) groups is 1. The first kappa shape index (κ1) is 21.1. The van der Waals surface area contributed by atoms with Gasteiger partial charge in [0.25, 0.3) is 11.6 Å². The van der Waals surface area contributed by atoms with Crippen LogP contribution in [-0.4, -0.2) is 23.8 Å². The zero-order chi connectivity index (χ0) is 21.9. The van der Waals surface area contributed by atoms with Crippen molar-refractivity contribution < 1.29 is 18.1 Å². The number of non-ortho nitro benzene ring substituents is 1. The van der Waals surface area contributed by atoms with Gasteiger partial charge < -0.3 is 4.57 Å². The van der Waals surface area contributed by atoms with Gasteiger partial charge in [0.05, 0.1) is 26.6 Å². The molecule has 0 aliphatic heterocycles. The second-order valence-electron chi connectivity index (χ2n) is 5.98. The molecular weight excluding hydrogens is 428 g/mol. The van der Waals surface area contributed by atoms with Crippen LogP contribution in [0.1, 0.15) is 5.56 Å². The Morgan fingerprint density at radius 3 is 2.60 bits per heavy atom. The van der Waals surface area contributed by atoms with Gasteiger partial charge in [0.15, 0.2) is 4.80 Å². The van der Waals surface area contributed by atoms with Gasteiger partial charge in [-0.2, -0.15) is 4.99 Å². The SMILES string of the molecule is C#CCn1c(=NC(=O)C=Cc2ccc([N+](=O)[O-])cc2)sc2cc(S(N)(=O)=O)ccc21. The fraction of sp³-hybridized carbons (Fsp3) is 0.0526. The number of nitrogens with zero attached hydrogens (tertiary/aromatic N) is 3. The van der Waals surface area contributed by atoms with Crippen molar-refractivity contribution in [2.24, 2.45) is 10.1 Å². The van der Waals surface area contributed by atoms with Gasteiger partial charge in [-0.1, -0.05) is 17.3 Å². The number of benzene rings is 2. The number of thiazole rings is 1. The fourth-order valence-electron chi connectivity index (χ4n) is 2.57. The minimum Gasteiger partial charge on any atom is -0.305 e. The molecule has 0 saturated carbocycles. The lowest BCUT2D eigenvalue weighted by Gasteiger charge is -2.01. The molecule has 0 aliphatic carbocycles. The van der Waals surface area contributed by atoms with Crippen molar-refractivity contribution in [3.8, 4) is 12.3 Å². The maximum absolute atomic E-state index is 12.3. The third-order valence-electron chi connectivity index (χ3n) is 3.96. The lowest BCUT2D eigenvalue weighted by Crippen LogP contribution is -2.16. The van der Waals surface area contributed by atoms with Crippen LogP contribution in [-0.2, 0) is 21.4 Å². The normalized spacial score (nSPS) is 12.3. The number of aromatic nitrogens is 1. The molecule has 2 N–H and O–H groups in total. The van der Waals surface area contributed by atoms with Gasteiger partial charge in [0.1, 0.15) is 0 Å². The van der Waals surface area contributed by atoms with Crippen LogP contribution in [0.2, 0.25) is 0 Å². The summed E-state index contributed by atoms with van der Waals surface area (Å²) in [4.78, 5) is 26.7. The van der Waals surface area contributed by atoms with E-state index in [1.54, 1.807) is 10.6 Å². The van der Waals surface area contributed by atoms with E-state index in [-0.39, 0.29) is 17.1 Å². The number of hydrogen-bond acceptors (Lipinski definition) is 6. The molecule has 1 aromatic heterocycles. The molecule has 0 spiro atoms. The number of fused-ring (bicyclic) bond motifs is 1. The molecule has 0 bridgehead atoms. The molecule has 2 aromatic carbocycles. The number of terminal acetylenes is 1. The number of rotatable bonds is 5. The molecule has 11 heteroatoms. The van der Waals surface area contributed by atoms with Crippen LogP contribution in [0, 0.1) is 22.5 Å². The van der Waals surface area contributed by atoms with E-state index in [0.29, 0.717) is 20.6 Å². The first-order valence-corrected chi connectivity index (χ1v) is 10.7. The highest BCUT2D eigenvalue weighted by molar-refractivity contribution is 7.89. The van der Waals surface area contributed by atoms with Crippen LogP contribution in [0.3, 0.4) is 0 Å². The summed E-state index contributed by atoms with van der Waals surface area (Å²) in [5.74, 6) is 1.90. The van der Waals surface area contributed by atoms with Gasteiger partial charge in [-0.3, -0.25) is 14.9 Å². The molecule has 1 heterocycles. The number of primary sulfonamides is 1. The maximum Gasteiger partial charge on any atom is 0.272 e. The van der Waals surface area contributed by atoms with Gasteiger partial charge in [0.2, 0.25) is 10.0 Å². The molecule has 30 heavy (non-hydrogen) atoms. The Kier molecular flexibility index (Phi) is 5.93. The van der Waals surface area contributed by atoms with Crippen molar-refractivity contribution in [3.63, 3.8) is 0 Å². The zero-order valence-electron chi connectivity index (χ0n) is 15.3. The van der Waals surface area contributed by atoms with Gasteiger partial charge >= 0.3 is 0 Å². The molecule has 1 amide bonds. The van der Waals surface area contributed by atoms with Crippen molar-refractivity contribution in [1.29, 1.82) is 0 Å². The van der Waals surface area contributed by atoms with E-state index < -0.39 is 20.9 Å². The monoisotopic (exact) mass is 442 g/mol. The number of nitro benzene ring substituents is 1. The van der Waals surface area contributed by atoms with Crippen LogP contribution in [0.25, 0.3) is 16.3 Å². The van der Waals surface area contributed by atoms with E-state index in [1.807, 2.05) is 0 Å². The Morgan fingerprint density at radius 2 is 2.00 bits per heavy atom. The average Bonchev–Trinajstić information content (AvgIpc) is 3.02. The lowest BCUT2D eigenvalue weighted by atomic mass is 10.2. The van der Waals surface area contributed by atoms with E-state index in [4.69, 9.17) is 11.6 Å². The molecule has 0 atom stereocenters. The molecule has 3 aromatic rings. The maximum atomic E-state index is 12.3. The highest BCUT2D eigenvalue weighted by Crippen LogP contribution is 2.21. The second-order valence-corrected chi connectivity index (χ2v) is 8.55. The van der Waals surface area contributed by atoms with Crippen LogP contribution in [0.15, 0.2) is 58.4 Å². The third kappa shape index (κ3) is 4.69. The highest BCUT2D eigenvalue weighted by Gasteiger charge is 2.12. The second kappa shape index (κ2) is 8.42. The molecule has 0 unspecified atom stereocenters. The standard InChI is InChI=1S/C19H14N4O5S2/c1-2-11-22-16-9-8-15(30(20,27)28)12-17(16)29-19(22)21-18(24)10-5-13-3-6-14(7-4-13)23(25)26/h1,3-10,12H,11H2,(H2,20,27,28). The lowest BCUT2D eigenvalue weighted by molar-refractivity contribution is -0.384. The topological polar surface area (TPSA) is 138 Å². The van der Waals surface area contributed by atoms with Crippen molar-refractivity contribution >= 4 is 49.2 Å². The van der Waals surface area contributed by atoms with Gasteiger partial charge in [0, 0.05) is 18.2 Å². The van der Waals surface area contributed by atoms with Crippen LogP contribution in [0.4, 0.5) is 5.69 Å². The Balaban J connectivity index is 1.97. The van der Waals surface area contributed by atoms with E-state index in [0.717, 1.165) is 11.3 Å². The summed E-state index contributed by atoms with van der Waals surface area (Å²) in [5, 5.41) is 15.8. The number of nitrogens with two attached hydrogens (primary N) is 1. The summed E-state index contributed by atoms with van der Waals surface area (Å²) in [6.45, 7) is 0.132. The zero-order valence-corrected chi connectivity index (χ0v) is 16.9. The molecule has 152 valence electrons. The van der Waals surface area contributed by atoms with Crippen molar-refractivity contribution in [1.82, 2.24) is 4.57 Å². The number of nitro groups is 1. The minimum atomic E-state index is -3.87. The summed E-state index contributed by atoms with van der Waals surface area (Å²) in [5.41, 5.74) is 1.16. The molecule has 0 aliphatic rings. The Labute approximate surface area is 175 Å². The van der Waals surface area contributed by atoms with E-state index in [2.05, 4.69) is 10.9 Å². The smallest absolute Gasteiger partial charge is 0.272 e. The Morgan fingerprint density at radius 1 is 1.30 bits per heavy atom. The van der Waals surface area contributed by atoms with Crippen LogP contribution >= 0.6 is 11.3 Å². The van der Waals surface area contributed by atoms with Gasteiger partial charge in [-0.05, 0) is 42.0 Å². The molecule has 3 rings (SSSR count). The van der Waals surface area contributed by atoms with Crippen LogP contribution in [0.5, 0.6) is 0 Å². The fourth-order valence-corrected chi connectivity index (χ4v) is 4.25. The van der Waals surface area contributed by atoms with Crippen LogP contribution < -0.4 is 9.94 Å². The van der Waals surface area contributed by atoms with Crippen molar-refractivity contribution in [3.05, 3.63) is 69.0 Å². The number of hydrogen-bond donors (Lipinski definition) is 1. The van der Waals surface area contributed by atoms with Gasteiger partial charge in [-0.25, -0.2) is 13.6 Å². The molecule has 9 nitrogen and oxygen atoms in total. The Hall–Kier alpha value is -3.59. The molecular formula is C19H14N4O5S2. The van der Waals surface area contributed by atoms with E-state index >= 15 is 0 Å². The van der Waals surface area contributed by atoms with Crippen molar-refractivity contribution in [2.75, 3.05) is 0 Å². The van der Waals surface area contributed by atoms with Crippen molar-refractivity contribution in [2.45, 2.75) is 11.4 Å². The largest absolute Gasteiger partial charge is 0.305 e. The van der Waals surface area contributed by atoms with E-state index in [9.17, 15) is 23.3 Å². The first-order valence-electron chi connectivity index (χ1n) is 8.30. The molecule has 0 fully saturated rings. The Bertz CT molecular complexity index is 1390. The predicted molar refractivity (Wildman–Crippen MR) is 113 cm³/mol. The highest BCUT2D eigenvalue weighted by atomic mass is 32.2. The van der Waals surface area contributed by atoms with E-state index in [1.165, 1.54) is 48.6 Å². The number of amides is 1. The molecule has 0 radical (unpaired) electrons. The average molecular weight is 442 g/mol. The third-order valence-corrected chi connectivity index (χ3v) is 5.91. The summed E-state index contributed by atoms with van der Waals surface area (Å²) in [6, 6.07) is 9.99. The number of sulfonamides is 1. The summed E-state index contributed by atoms with van der Waals surface area (Å²) in [6.07, 6.45) is 8.11. The summed E-state index contributed by atoms with van der Waals surface area (Å²) < 4.78 is 25.3. The predicted octanol–water partition coefficient (Wildman–Crippen LogP) is 2.03. The minimum absolute atomic E-state index is 0.0531. The number of carbonyl (C=O) groups excluding carboxylic acids is 1. The summed E-state index contributed by atoms with van der Waals surface area (Å²) >= 11 is 1.10. The summed E-state index contributed by atoms with van der Waals surface area (Å²) in [7, 11) is -3.87. The first-order chi connectivity index (χ1) is 14.2. The van der Waals surface area contributed by atoms with Gasteiger partial charge in [-0.15, -0.1) is 6.42 Å². The molecule has 0 saturated heterocycles.